The second-order valence-electron chi connectivity index (χ2n) is 4.19. The quantitative estimate of drug-likeness (QED) is 0.654. The topological polar surface area (TPSA) is 70.9 Å². The molecule has 108 valence electrons. The Morgan fingerprint density at radius 1 is 1.24 bits per heavy atom. The lowest BCUT2D eigenvalue weighted by molar-refractivity contribution is 0.0955. The zero-order chi connectivity index (χ0) is 15.1. The molecule has 0 fully saturated rings. The number of hydrogen-bond acceptors (Lipinski definition) is 4. The normalized spacial score (nSPS) is 10.5. The highest BCUT2D eigenvalue weighted by atomic mass is 16.5. The molecule has 0 heterocycles. The summed E-state index contributed by atoms with van der Waals surface area (Å²) in [6.45, 7) is 2.29. The molecule has 2 rings (SSSR count). The Balaban J connectivity index is 2.05. The molecule has 0 aliphatic heterocycles. The third-order valence-corrected chi connectivity index (χ3v) is 2.74. The molecule has 1 amide bonds. The molecule has 0 atom stereocenters. The number of para-hydroxylation sites is 1. The summed E-state index contributed by atoms with van der Waals surface area (Å²) in [6, 6.07) is 13.8. The summed E-state index contributed by atoms with van der Waals surface area (Å²) in [7, 11) is 0. The second-order valence-corrected chi connectivity index (χ2v) is 4.19. The van der Waals surface area contributed by atoms with Gasteiger partial charge in [0.1, 0.15) is 0 Å². The summed E-state index contributed by atoms with van der Waals surface area (Å²) in [5.41, 5.74) is 3.39. The number of hydrogen-bond donors (Lipinski definition) is 2. The number of nitrogens with one attached hydrogen (secondary N) is 1. The molecular formula is C16H16N2O3. The smallest absolute Gasteiger partial charge is 0.271 e. The molecule has 2 aromatic carbocycles. The number of phenols is 1. The van der Waals surface area contributed by atoms with Gasteiger partial charge in [0.05, 0.1) is 12.8 Å². The Labute approximate surface area is 122 Å². The molecule has 5 nitrogen and oxygen atoms in total. The zero-order valence-electron chi connectivity index (χ0n) is 11.6. The molecule has 2 N–H and O–H groups in total. The predicted octanol–water partition coefficient (Wildman–Crippen LogP) is 2.55. The second kappa shape index (κ2) is 7.09. The number of carbonyl (C=O) groups excluding carboxylic acids is 1. The lowest BCUT2D eigenvalue weighted by Gasteiger charge is -2.07. The van der Waals surface area contributed by atoms with Crippen molar-refractivity contribution in [2.24, 2.45) is 5.10 Å². The fourth-order valence-electron chi connectivity index (χ4n) is 1.73. The number of benzene rings is 2. The molecule has 0 aliphatic carbocycles. The van der Waals surface area contributed by atoms with Gasteiger partial charge in [-0.25, -0.2) is 5.43 Å². The third-order valence-electron chi connectivity index (χ3n) is 2.74. The van der Waals surface area contributed by atoms with Crippen molar-refractivity contribution in [3.63, 3.8) is 0 Å². The van der Waals surface area contributed by atoms with E-state index in [-0.39, 0.29) is 11.7 Å². The van der Waals surface area contributed by atoms with Gasteiger partial charge in [0.2, 0.25) is 0 Å². The van der Waals surface area contributed by atoms with Gasteiger partial charge in [-0.1, -0.05) is 24.3 Å². The van der Waals surface area contributed by atoms with Crippen LogP contribution in [0.5, 0.6) is 11.5 Å². The van der Waals surface area contributed by atoms with Crippen LogP contribution in [0, 0.1) is 0 Å². The highest BCUT2D eigenvalue weighted by Gasteiger charge is 2.06. The molecule has 5 heteroatoms. The van der Waals surface area contributed by atoms with Crippen molar-refractivity contribution >= 4 is 12.1 Å². The van der Waals surface area contributed by atoms with E-state index in [1.54, 1.807) is 42.5 Å². The number of carbonyl (C=O) groups is 1. The lowest BCUT2D eigenvalue weighted by atomic mass is 10.2. The molecule has 0 saturated carbocycles. The largest absolute Gasteiger partial charge is 0.504 e. The fourth-order valence-corrected chi connectivity index (χ4v) is 1.73. The first-order valence-electron chi connectivity index (χ1n) is 6.55. The number of hydrazone groups is 1. The van der Waals surface area contributed by atoms with Crippen molar-refractivity contribution in [1.82, 2.24) is 5.43 Å². The molecule has 0 bridgehead atoms. The first-order chi connectivity index (χ1) is 10.2. The van der Waals surface area contributed by atoms with E-state index in [9.17, 15) is 9.90 Å². The summed E-state index contributed by atoms with van der Waals surface area (Å²) in [4.78, 5) is 11.8. The van der Waals surface area contributed by atoms with Crippen LogP contribution in [0.1, 0.15) is 22.8 Å². The van der Waals surface area contributed by atoms with Crippen LogP contribution < -0.4 is 10.2 Å². The molecule has 0 spiro atoms. The summed E-state index contributed by atoms with van der Waals surface area (Å²) >= 11 is 0. The van der Waals surface area contributed by atoms with Crippen molar-refractivity contribution in [2.75, 3.05) is 6.61 Å². The van der Waals surface area contributed by atoms with Gasteiger partial charge in [0.25, 0.3) is 5.91 Å². The molecule has 0 saturated heterocycles. The number of aromatic hydroxyl groups is 1. The first-order valence-corrected chi connectivity index (χ1v) is 6.55. The van der Waals surface area contributed by atoms with Gasteiger partial charge >= 0.3 is 0 Å². The number of rotatable bonds is 5. The van der Waals surface area contributed by atoms with Crippen molar-refractivity contribution in [3.8, 4) is 11.5 Å². The number of phenolic OH excluding ortho intramolecular Hbond substituents is 1. The van der Waals surface area contributed by atoms with E-state index in [0.717, 1.165) is 0 Å². The minimum Gasteiger partial charge on any atom is -0.504 e. The Hall–Kier alpha value is -2.82. The van der Waals surface area contributed by atoms with Crippen molar-refractivity contribution in [1.29, 1.82) is 0 Å². The Morgan fingerprint density at radius 3 is 2.71 bits per heavy atom. The summed E-state index contributed by atoms with van der Waals surface area (Å²) in [5.74, 6) is 0.0696. The molecule has 2 aromatic rings. The van der Waals surface area contributed by atoms with Crippen LogP contribution in [0.25, 0.3) is 0 Å². The average molecular weight is 284 g/mol. The van der Waals surface area contributed by atoms with Crippen LogP contribution >= 0.6 is 0 Å². The first kappa shape index (κ1) is 14.6. The zero-order valence-corrected chi connectivity index (χ0v) is 11.6. The van der Waals surface area contributed by atoms with E-state index in [1.165, 1.54) is 6.21 Å². The van der Waals surface area contributed by atoms with Gasteiger partial charge < -0.3 is 9.84 Å². The Kier molecular flexibility index (Phi) is 4.93. The van der Waals surface area contributed by atoms with E-state index < -0.39 is 0 Å². The van der Waals surface area contributed by atoms with Gasteiger partial charge in [-0.05, 0) is 31.2 Å². The highest BCUT2D eigenvalue weighted by Crippen LogP contribution is 2.28. The van der Waals surface area contributed by atoms with E-state index in [4.69, 9.17) is 4.74 Å². The molecule has 0 unspecified atom stereocenters. The van der Waals surface area contributed by atoms with Gasteiger partial charge in [0.15, 0.2) is 11.5 Å². The van der Waals surface area contributed by atoms with E-state index in [0.29, 0.717) is 23.5 Å². The molecule has 0 aliphatic rings. The summed E-state index contributed by atoms with van der Waals surface area (Å²) in [5, 5.41) is 13.8. The van der Waals surface area contributed by atoms with Gasteiger partial charge in [-0.2, -0.15) is 5.10 Å². The van der Waals surface area contributed by atoms with Gasteiger partial charge in [-0.3, -0.25) is 4.79 Å². The standard InChI is InChI=1S/C16H16N2O3/c1-2-21-14-10-6-9-13(15(14)19)11-17-18-16(20)12-7-4-3-5-8-12/h3-11,19H,2H2,1H3,(H,18,20)/b17-11-. The van der Waals surface area contributed by atoms with Crippen LogP contribution in [0.3, 0.4) is 0 Å². The third kappa shape index (κ3) is 3.82. The molecular weight excluding hydrogens is 268 g/mol. The number of nitrogens with zero attached hydrogens (tertiary/aromatic N) is 1. The van der Waals surface area contributed by atoms with Crippen LogP contribution in [-0.2, 0) is 0 Å². The van der Waals surface area contributed by atoms with E-state index >= 15 is 0 Å². The minimum atomic E-state index is -0.313. The minimum absolute atomic E-state index is 0.00272. The number of ether oxygens (including phenoxy) is 1. The van der Waals surface area contributed by atoms with Gasteiger partial charge in [-0.15, -0.1) is 0 Å². The van der Waals surface area contributed by atoms with Crippen molar-refractivity contribution < 1.29 is 14.6 Å². The van der Waals surface area contributed by atoms with E-state index in [1.807, 2.05) is 13.0 Å². The maximum absolute atomic E-state index is 11.8. The van der Waals surface area contributed by atoms with E-state index in [2.05, 4.69) is 10.5 Å². The Morgan fingerprint density at radius 2 is 2.00 bits per heavy atom. The summed E-state index contributed by atoms with van der Waals surface area (Å²) in [6.07, 6.45) is 1.37. The van der Waals surface area contributed by atoms with Crippen LogP contribution in [-0.4, -0.2) is 23.8 Å². The monoisotopic (exact) mass is 284 g/mol. The molecule has 21 heavy (non-hydrogen) atoms. The van der Waals surface area contributed by atoms with Crippen LogP contribution in [0.2, 0.25) is 0 Å². The Bertz CT molecular complexity index is 639. The lowest BCUT2D eigenvalue weighted by Crippen LogP contribution is -2.17. The average Bonchev–Trinajstić information content (AvgIpc) is 2.52. The fraction of sp³-hybridized carbons (Fsp3) is 0.125. The maximum atomic E-state index is 11.8. The highest BCUT2D eigenvalue weighted by molar-refractivity contribution is 5.95. The summed E-state index contributed by atoms with van der Waals surface area (Å²) < 4.78 is 5.28. The molecule has 0 radical (unpaired) electrons. The van der Waals surface area contributed by atoms with Crippen molar-refractivity contribution in [2.45, 2.75) is 6.92 Å². The SMILES string of the molecule is CCOc1cccc(/C=N\NC(=O)c2ccccc2)c1O. The van der Waals surface area contributed by atoms with Crippen LogP contribution in [0.4, 0.5) is 0 Å². The van der Waals surface area contributed by atoms with Gasteiger partial charge in [0, 0.05) is 11.1 Å². The maximum Gasteiger partial charge on any atom is 0.271 e. The van der Waals surface area contributed by atoms with Crippen LogP contribution in [0.15, 0.2) is 53.6 Å². The predicted molar refractivity (Wildman–Crippen MR) is 80.8 cm³/mol. The van der Waals surface area contributed by atoms with Crippen molar-refractivity contribution in [3.05, 3.63) is 59.7 Å². The number of amides is 1. The molecule has 0 aromatic heterocycles.